The van der Waals surface area contributed by atoms with E-state index in [1.165, 1.54) is 17.7 Å². The second-order valence-electron chi connectivity index (χ2n) is 6.28. The first kappa shape index (κ1) is 17.0. The first-order valence-electron chi connectivity index (χ1n) is 8.61. The molecule has 5 heteroatoms. The Balaban J connectivity index is 1.52. The highest BCUT2D eigenvalue weighted by Crippen LogP contribution is 2.27. The van der Waals surface area contributed by atoms with Crippen LogP contribution in [0.1, 0.15) is 35.7 Å². The summed E-state index contributed by atoms with van der Waals surface area (Å²) in [5.41, 5.74) is 7.75. The Hall–Kier alpha value is -1.85. The van der Waals surface area contributed by atoms with Gasteiger partial charge in [-0.2, -0.15) is 0 Å². The predicted molar refractivity (Wildman–Crippen MR) is 100 cm³/mol. The van der Waals surface area contributed by atoms with Crippen LogP contribution >= 0.6 is 11.3 Å². The SMILES string of the molecule is Nc1ccccc1CCC(=O)NCC(c1cccs1)N1CCCC1. The Morgan fingerprint density at radius 1 is 1.21 bits per heavy atom. The van der Waals surface area contributed by atoms with Gasteiger partial charge in [0.1, 0.15) is 0 Å². The van der Waals surface area contributed by atoms with Gasteiger partial charge in [-0.25, -0.2) is 0 Å². The highest BCUT2D eigenvalue weighted by molar-refractivity contribution is 7.10. The van der Waals surface area contributed by atoms with Crippen LogP contribution in [0.5, 0.6) is 0 Å². The minimum atomic E-state index is 0.0963. The van der Waals surface area contributed by atoms with Crippen molar-refractivity contribution in [2.75, 3.05) is 25.4 Å². The summed E-state index contributed by atoms with van der Waals surface area (Å²) in [6.07, 6.45) is 3.67. The van der Waals surface area contributed by atoms with Crippen molar-refractivity contribution in [1.82, 2.24) is 10.2 Å². The van der Waals surface area contributed by atoms with Gasteiger partial charge < -0.3 is 11.1 Å². The maximum atomic E-state index is 12.2. The molecule has 2 aromatic rings. The topological polar surface area (TPSA) is 58.4 Å². The molecule has 2 heterocycles. The maximum Gasteiger partial charge on any atom is 0.220 e. The van der Waals surface area contributed by atoms with Crippen LogP contribution in [0.3, 0.4) is 0 Å². The van der Waals surface area contributed by atoms with Gasteiger partial charge in [0.25, 0.3) is 0 Å². The Kier molecular flexibility index (Phi) is 5.88. The molecule has 0 aliphatic carbocycles. The van der Waals surface area contributed by atoms with Crippen molar-refractivity contribution < 1.29 is 4.79 Å². The molecule has 0 saturated carbocycles. The number of carbonyl (C=O) groups is 1. The molecule has 1 unspecified atom stereocenters. The standard InChI is InChI=1S/C19H25N3OS/c20-16-7-2-1-6-15(16)9-10-19(23)21-14-17(18-8-5-13-24-18)22-11-3-4-12-22/h1-2,5-8,13,17H,3-4,9-12,14,20H2,(H,21,23). The molecule has 4 nitrogen and oxygen atoms in total. The number of aryl methyl sites for hydroxylation is 1. The summed E-state index contributed by atoms with van der Waals surface area (Å²) in [4.78, 5) is 16.1. The van der Waals surface area contributed by atoms with E-state index in [1.807, 2.05) is 24.3 Å². The number of para-hydroxylation sites is 1. The first-order valence-corrected chi connectivity index (χ1v) is 9.49. The Morgan fingerprint density at radius 2 is 2.00 bits per heavy atom. The zero-order valence-electron chi connectivity index (χ0n) is 13.9. The van der Waals surface area contributed by atoms with Crippen LogP contribution in [0, 0.1) is 0 Å². The molecule has 3 rings (SSSR count). The third-order valence-corrected chi connectivity index (χ3v) is 5.60. The monoisotopic (exact) mass is 343 g/mol. The summed E-state index contributed by atoms with van der Waals surface area (Å²) >= 11 is 1.77. The van der Waals surface area contributed by atoms with Crippen molar-refractivity contribution >= 4 is 22.9 Å². The first-order chi connectivity index (χ1) is 11.7. The van der Waals surface area contributed by atoms with Gasteiger partial charge in [-0.3, -0.25) is 9.69 Å². The van der Waals surface area contributed by atoms with E-state index in [-0.39, 0.29) is 5.91 Å². The molecule has 1 aromatic heterocycles. The lowest BCUT2D eigenvalue weighted by Gasteiger charge is -2.27. The number of amides is 1. The number of thiophene rings is 1. The molecule has 1 aliphatic heterocycles. The molecule has 128 valence electrons. The van der Waals surface area contributed by atoms with Crippen LogP contribution in [0.2, 0.25) is 0 Å². The van der Waals surface area contributed by atoms with Gasteiger partial charge in [0, 0.05) is 23.5 Å². The van der Waals surface area contributed by atoms with E-state index in [0.29, 0.717) is 25.4 Å². The Morgan fingerprint density at radius 3 is 2.71 bits per heavy atom. The van der Waals surface area contributed by atoms with Gasteiger partial charge in [-0.15, -0.1) is 11.3 Å². The summed E-state index contributed by atoms with van der Waals surface area (Å²) in [7, 11) is 0. The number of benzene rings is 1. The molecule has 3 N–H and O–H groups in total. The zero-order valence-corrected chi connectivity index (χ0v) is 14.7. The highest BCUT2D eigenvalue weighted by atomic mass is 32.1. The summed E-state index contributed by atoms with van der Waals surface area (Å²) in [6.45, 7) is 2.93. The van der Waals surface area contributed by atoms with E-state index < -0.39 is 0 Å². The second-order valence-corrected chi connectivity index (χ2v) is 7.26. The van der Waals surface area contributed by atoms with E-state index in [4.69, 9.17) is 5.73 Å². The van der Waals surface area contributed by atoms with Crippen molar-refractivity contribution in [3.63, 3.8) is 0 Å². The second kappa shape index (κ2) is 8.31. The quantitative estimate of drug-likeness (QED) is 0.759. The number of hydrogen-bond donors (Lipinski definition) is 2. The van der Waals surface area contributed by atoms with E-state index >= 15 is 0 Å². The Labute approximate surface area is 147 Å². The third kappa shape index (κ3) is 4.36. The molecule has 24 heavy (non-hydrogen) atoms. The number of hydrogen-bond acceptors (Lipinski definition) is 4. The van der Waals surface area contributed by atoms with Crippen LogP contribution in [0.25, 0.3) is 0 Å². The smallest absolute Gasteiger partial charge is 0.220 e. The van der Waals surface area contributed by atoms with Gasteiger partial charge >= 0.3 is 0 Å². The minimum Gasteiger partial charge on any atom is -0.399 e. The van der Waals surface area contributed by atoms with Crippen molar-refractivity contribution in [2.24, 2.45) is 0 Å². The fourth-order valence-corrected chi connectivity index (χ4v) is 4.11. The van der Waals surface area contributed by atoms with Crippen LogP contribution in [0.4, 0.5) is 5.69 Å². The Bertz CT molecular complexity index is 650. The van der Waals surface area contributed by atoms with Crippen molar-refractivity contribution in [3.8, 4) is 0 Å². The van der Waals surface area contributed by atoms with Crippen molar-refractivity contribution in [1.29, 1.82) is 0 Å². The van der Waals surface area contributed by atoms with Gasteiger partial charge in [0.2, 0.25) is 5.91 Å². The molecular weight excluding hydrogens is 318 g/mol. The predicted octanol–water partition coefficient (Wildman–Crippen LogP) is 3.22. The third-order valence-electron chi connectivity index (χ3n) is 4.62. The lowest BCUT2D eigenvalue weighted by atomic mass is 10.1. The van der Waals surface area contributed by atoms with E-state index in [2.05, 4.69) is 27.7 Å². The molecule has 0 bridgehead atoms. The number of rotatable bonds is 7. The lowest BCUT2D eigenvalue weighted by Crippen LogP contribution is -2.36. The van der Waals surface area contributed by atoms with Crippen LogP contribution in [-0.2, 0) is 11.2 Å². The number of likely N-dealkylation sites (tertiary alicyclic amines) is 1. The lowest BCUT2D eigenvalue weighted by molar-refractivity contribution is -0.121. The number of nitrogen functional groups attached to an aromatic ring is 1. The fraction of sp³-hybridized carbons (Fsp3) is 0.421. The highest BCUT2D eigenvalue weighted by Gasteiger charge is 2.24. The van der Waals surface area contributed by atoms with Gasteiger partial charge in [0.15, 0.2) is 0 Å². The summed E-state index contributed by atoms with van der Waals surface area (Å²) in [5.74, 6) is 0.0963. The number of carbonyl (C=O) groups excluding carboxylic acids is 1. The number of anilines is 1. The largest absolute Gasteiger partial charge is 0.399 e. The van der Waals surface area contributed by atoms with Gasteiger partial charge in [-0.1, -0.05) is 24.3 Å². The van der Waals surface area contributed by atoms with Crippen molar-refractivity contribution in [2.45, 2.75) is 31.7 Å². The normalized spacial score (nSPS) is 16.2. The minimum absolute atomic E-state index is 0.0963. The maximum absolute atomic E-state index is 12.2. The molecule has 1 fully saturated rings. The molecule has 1 aromatic carbocycles. The molecule has 1 saturated heterocycles. The summed E-state index contributed by atoms with van der Waals surface area (Å²) in [6, 6.07) is 12.3. The van der Waals surface area contributed by atoms with Gasteiger partial charge in [0.05, 0.1) is 6.04 Å². The van der Waals surface area contributed by atoms with Crippen LogP contribution in [-0.4, -0.2) is 30.4 Å². The number of nitrogens with two attached hydrogens (primary N) is 1. The zero-order chi connectivity index (χ0) is 16.8. The molecule has 1 amide bonds. The molecule has 0 radical (unpaired) electrons. The average molecular weight is 343 g/mol. The van der Waals surface area contributed by atoms with E-state index in [0.717, 1.165) is 24.3 Å². The summed E-state index contributed by atoms with van der Waals surface area (Å²) < 4.78 is 0. The van der Waals surface area contributed by atoms with E-state index in [9.17, 15) is 4.79 Å². The van der Waals surface area contributed by atoms with Crippen molar-refractivity contribution in [3.05, 3.63) is 52.2 Å². The van der Waals surface area contributed by atoms with E-state index in [1.54, 1.807) is 11.3 Å². The molecule has 1 atom stereocenters. The number of nitrogens with one attached hydrogen (secondary N) is 1. The van der Waals surface area contributed by atoms with Gasteiger partial charge in [-0.05, 0) is 55.4 Å². The molecular formula is C19H25N3OS. The van der Waals surface area contributed by atoms with Crippen LogP contribution in [0.15, 0.2) is 41.8 Å². The fourth-order valence-electron chi connectivity index (χ4n) is 3.25. The number of nitrogens with zero attached hydrogens (tertiary/aromatic N) is 1. The van der Waals surface area contributed by atoms with Crippen LogP contribution < -0.4 is 11.1 Å². The average Bonchev–Trinajstić information content (AvgIpc) is 3.28. The summed E-state index contributed by atoms with van der Waals surface area (Å²) in [5, 5.41) is 5.23. The molecule has 1 aliphatic rings. The molecule has 0 spiro atoms.